The monoisotopic (exact) mass is 626 g/mol. The van der Waals surface area contributed by atoms with Crippen LogP contribution in [0.3, 0.4) is 0 Å². The average Bonchev–Trinajstić information content (AvgIpc) is 3.53. The van der Waals surface area contributed by atoms with Crippen molar-refractivity contribution in [3.8, 4) is 22.5 Å². The number of amides is 1. The molecule has 0 saturated carbocycles. The van der Waals surface area contributed by atoms with Crippen molar-refractivity contribution in [1.29, 1.82) is 0 Å². The Kier molecular flexibility index (Phi) is 8.79. The van der Waals surface area contributed by atoms with Crippen LogP contribution >= 0.6 is 0 Å². The predicted molar refractivity (Wildman–Crippen MR) is 162 cm³/mol. The Labute approximate surface area is 255 Å². The minimum Gasteiger partial charge on any atom is -0.378 e. The zero-order valence-electron chi connectivity index (χ0n) is 24.5. The molecular formula is C31H33F3N6O3S. The highest BCUT2D eigenvalue weighted by Crippen LogP contribution is 2.37. The maximum absolute atomic E-state index is 13.0. The van der Waals surface area contributed by atoms with Crippen molar-refractivity contribution < 1.29 is 27.4 Å². The van der Waals surface area contributed by atoms with Crippen LogP contribution in [-0.4, -0.2) is 70.0 Å². The molecule has 2 aliphatic heterocycles. The number of aromatic nitrogens is 4. The molecule has 6 rings (SSSR count). The first-order chi connectivity index (χ1) is 21.2. The lowest BCUT2D eigenvalue weighted by atomic mass is 10.00. The molecule has 0 spiro atoms. The van der Waals surface area contributed by atoms with Gasteiger partial charge in [-0.05, 0) is 60.7 Å². The molecule has 4 aromatic rings. The number of alkyl halides is 3. The summed E-state index contributed by atoms with van der Waals surface area (Å²) in [6, 6.07) is 13.1. The summed E-state index contributed by atoms with van der Waals surface area (Å²) in [7, 11) is -1.26. The molecule has 0 aliphatic carbocycles. The van der Waals surface area contributed by atoms with Crippen LogP contribution in [-0.2, 0) is 25.0 Å². The van der Waals surface area contributed by atoms with E-state index in [1.54, 1.807) is 38.4 Å². The van der Waals surface area contributed by atoms with Crippen molar-refractivity contribution in [3.63, 3.8) is 0 Å². The number of hydrogen-bond acceptors (Lipinski definition) is 7. The molecule has 0 bridgehead atoms. The second kappa shape index (κ2) is 12.7. The van der Waals surface area contributed by atoms with Crippen LogP contribution in [0.15, 0.2) is 64.1 Å². The molecule has 0 N–H and O–H groups in total. The number of benzene rings is 1. The Balaban J connectivity index is 1.47. The van der Waals surface area contributed by atoms with E-state index >= 15 is 0 Å². The van der Waals surface area contributed by atoms with Gasteiger partial charge in [0.05, 0.1) is 18.9 Å². The third kappa shape index (κ3) is 6.26. The van der Waals surface area contributed by atoms with Crippen LogP contribution < -0.4 is 4.90 Å². The van der Waals surface area contributed by atoms with Crippen LogP contribution in [0.4, 0.5) is 19.0 Å². The molecule has 2 unspecified atom stereocenters. The molecule has 9 nitrogen and oxygen atoms in total. The van der Waals surface area contributed by atoms with Crippen molar-refractivity contribution in [3.05, 3.63) is 54.9 Å². The van der Waals surface area contributed by atoms with Gasteiger partial charge in [-0.25, -0.2) is 9.67 Å². The van der Waals surface area contributed by atoms with Crippen LogP contribution in [0.2, 0.25) is 0 Å². The number of carbonyl (C=O) groups excluding carboxylic acids is 1. The number of halogens is 3. The standard InChI is InChI=1S/C31H33F3N6O3S/c1-20(2)44(38-30(41)31(32,33)34)22-8-6-21(7-9-22)24-19-26(39-14-17-42-18-15-39)37-28-23(24)10-12-35-29(28)25-11-13-36-40(25)27-5-3-4-16-43-27/h6-13,19-20,27H,3-5,14-18H2,1-2H3. The first-order valence-electron chi connectivity index (χ1n) is 14.6. The Morgan fingerprint density at radius 3 is 2.50 bits per heavy atom. The number of carbonyl (C=O) groups is 1. The number of pyridine rings is 2. The molecule has 3 aromatic heterocycles. The van der Waals surface area contributed by atoms with Gasteiger partial charge in [0.25, 0.3) is 0 Å². The maximum Gasteiger partial charge on any atom is 0.474 e. The number of rotatable bonds is 6. The fraction of sp³-hybridized carbons (Fsp3) is 0.419. The van der Waals surface area contributed by atoms with Gasteiger partial charge in [-0.2, -0.15) is 22.6 Å². The number of nitrogens with zero attached hydrogens (tertiary/aromatic N) is 6. The lowest BCUT2D eigenvalue weighted by Gasteiger charge is -2.29. The highest BCUT2D eigenvalue weighted by molar-refractivity contribution is 7.88. The first-order valence-corrected chi connectivity index (χ1v) is 15.9. The summed E-state index contributed by atoms with van der Waals surface area (Å²) in [5.41, 5.74) is 3.96. The molecule has 2 atom stereocenters. The normalized spacial score (nSPS) is 18.7. The van der Waals surface area contributed by atoms with E-state index in [0.29, 0.717) is 49.0 Å². The van der Waals surface area contributed by atoms with E-state index in [1.807, 2.05) is 35.0 Å². The fourth-order valence-corrected chi connectivity index (χ4v) is 7.07. The first kappa shape index (κ1) is 30.4. The molecule has 1 amide bonds. The summed E-state index contributed by atoms with van der Waals surface area (Å²) in [5.74, 6) is -1.28. The van der Waals surface area contributed by atoms with E-state index in [0.717, 1.165) is 47.3 Å². The Morgan fingerprint density at radius 2 is 1.82 bits per heavy atom. The van der Waals surface area contributed by atoms with E-state index in [-0.39, 0.29) is 11.5 Å². The average molecular weight is 627 g/mol. The molecule has 1 aromatic carbocycles. The van der Waals surface area contributed by atoms with Gasteiger partial charge in [0.2, 0.25) is 0 Å². The van der Waals surface area contributed by atoms with Gasteiger partial charge >= 0.3 is 12.1 Å². The zero-order chi connectivity index (χ0) is 30.8. The van der Waals surface area contributed by atoms with Gasteiger partial charge in [0.1, 0.15) is 17.0 Å². The summed E-state index contributed by atoms with van der Waals surface area (Å²) in [5, 5.41) is 5.17. The van der Waals surface area contributed by atoms with Crippen molar-refractivity contribution in [2.24, 2.45) is 4.36 Å². The van der Waals surface area contributed by atoms with Crippen LogP contribution in [0.5, 0.6) is 0 Å². The summed E-state index contributed by atoms with van der Waals surface area (Å²) in [6.07, 6.45) is 1.27. The zero-order valence-corrected chi connectivity index (χ0v) is 25.3. The second-order valence-corrected chi connectivity index (χ2v) is 13.2. The minimum atomic E-state index is -5.00. The molecule has 44 heavy (non-hydrogen) atoms. The molecule has 232 valence electrons. The molecule has 2 saturated heterocycles. The van der Waals surface area contributed by atoms with Crippen LogP contribution in [0.1, 0.15) is 39.3 Å². The highest BCUT2D eigenvalue weighted by Gasteiger charge is 2.39. The SMILES string of the molecule is CC(C)S(=NC(=O)C(F)(F)F)c1ccc(-c2cc(N3CCOCC3)nc3c(-c4ccnn4C4CCCCO4)nccc23)cc1. The van der Waals surface area contributed by atoms with Gasteiger partial charge in [-0.1, -0.05) is 36.7 Å². The third-order valence-corrected chi connectivity index (χ3v) is 9.68. The van der Waals surface area contributed by atoms with E-state index in [2.05, 4.69) is 14.4 Å². The Bertz CT molecular complexity index is 1680. The van der Waals surface area contributed by atoms with Gasteiger partial charge in [-0.15, -0.1) is 0 Å². The summed E-state index contributed by atoms with van der Waals surface area (Å²) < 4.78 is 56.1. The van der Waals surface area contributed by atoms with Crippen molar-refractivity contribution in [2.75, 3.05) is 37.8 Å². The Hall–Kier alpha value is -3.68. The quantitative estimate of drug-likeness (QED) is 0.246. The van der Waals surface area contributed by atoms with Crippen molar-refractivity contribution >= 4 is 33.3 Å². The van der Waals surface area contributed by atoms with Gasteiger partial charge in [0.15, 0.2) is 6.23 Å². The second-order valence-electron chi connectivity index (χ2n) is 10.9. The number of hydrogen-bond donors (Lipinski definition) is 0. The van der Waals surface area contributed by atoms with E-state index in [9.17, 15) is 18.0 Å². The number of anilines is 1. The molecular weight excluding hydrogens is 593 g/mol. The minimum absolute atomic E-state index is 0.176. The van der Waals surface area contributed by atoms with E-state index < -0.39 is 22.8 Å². The van der Waals surface area contributed by atoms with Gasteiger partial charge < -0.3 is 14.4 Å². The number of fused-ring (bicyclic) bond motifs is 1. The predicted octanol–water partition coefficient (Wildman–Crippen LogP) is 6.35. The lowest BCUT2D eigenvalue weighted by molar-refractivity contribution is -0.169. The maximum atomic E-state index is 13.0. The number of ether oxygens (including phenoxy) is 2. The fourth-order valence-electron chi connectivity index (χ4n) is 5.51. The Morgan fingerprint density at radius 1 is 1.05 bits per heavy atom. The molecule has 5 heterocycles. The van der Waals surface area contributed by atoms with E-state index in [1.165, 1.54) is 0 Å². The van der Waals surface area contributed by atoms with Crippen LogP contribution in [0, 0.1) is 0 Å². The smallest absolute Gasteiger partial charge is 0.378 e. The molecule has 13 heteroatoms. The van der Waals surface area contributed by atoms with E-state index in [4.69, 9.17) is 19.4 Å². The largest absolute Gasteiger partial charge is 0.474 e. The third-order valence-electron chi connectivity index (χ3n) is 7.67. The topological polar surface area (TPSA) is 94.7 Å². The lowest BCUT2D eigenvalue weighted by Crippen LogP contribution is -2.36. The van der Waals surface area contributed by atoms with Crippen molar-refractivity contribution in [2.45, 2.75) is 55.7 Å². The summed E-state index contributed by atoms with van der Waals surface area (Å²) >= 11 is 0. The van der Waals surface area contributed by atoms with Crippen molar-refractivity contribution in [1.82, 2.24) is 19.7 Å². The van der Waals surface area contributed by atoms with Crippen LogP contribution in [0.25, 0.3) is 33.4 Å². The molecule has 0 radical (unpaired) electrons. The summed E-state index contributed by atoms with van der Waals surface area (Å²) in [4.78, 5) is 24.3. The van der Waals surface area contributed by atoms with Gasteiger partial charge in [-0.3, -0.25) is 9.78 Å². The highest BCUT2D eigenvalue weighted by atomic mass is 32.2. The molecule has 2 aliphatic rings. The van der Waals surface area contributed by atoms with Gasteiger partial charge in [0, 0.05) is 47.6 Å². The molecule has 2 fully saturated rings. The summed E-state index contributed by atoms with van der Waals surface area (Å²) in [6.45, 7) is 6.75. The number of morpholine rings is 1.